The minimum absolute atomic E-state index is 0.191. The largest absolute Gasteiger partial charge is 0.497 e. The van der Waals surface area contributed by atoms with E-state index in [-0.39, 0.29) is 11.8 Å². The lowest BCUT2D eigenvalue weighted by molar-refractivity contribution is -0.908. The quantitative estimate of drug-likeness (QED) is 0.579. The molecule has 7 heteroatoms. The number of hydrogen-bond acceptors (Lipinski definition) is 4. The molecular weight excluding hydrogens is 370 g/mol. The second-order valence-corrected chi connectivity index (χ2v) is 6.95. The van der Waals surface area contributed by atoms with Gasteiger partial charge < -0.3 is 25.0 Å². The van der Waals surface area contributed by atoms with Gasteiger partial charge in [0.25, 0.3) is 11.8 Å². The number of amides is 2. The molecule has 1 fully saturated rings. The maximum Gasteiger partial charge on any atom is 0.255 e. The molecule has 0 aliphatic carbocycles. The Kier molecular flexibility index (Phi) is 7.61. The summed E-state index contributed by atoms with van der Waals surface area (Å²) in [6.07, 6.45) is 0.902. The van der Waals surface area contributed by atoms with Gasteiger partial charge in [-0.3, -0.25) is 9.59 Å². The standard InChI is InChI=1S/C22H27N3O4/c1-28-18-7-4-6-17(16-18)21(26)24-20-9-3-2-8-19(20)22(27)23-10-5-11-25-12-14-29-15-13-25/h2-4,6-9,16H,5,10-15H2,1H3,(H,23,27)(H,24,26)/p+1. The molecule has 0 bridgehead atoms. The Morgan fingerprint density at radius 2 is 1.86 bits per heavy atom. The number of anilines is 1. The maximum absolute atomic E-state index is 12.6. The van der Waals surface area contributed by atoms with E-state index >= 15 is 0 Å². The number of carbonyl (C=O) groups is 2. The summed E-state index contributed by atoms with van der Waals surface area (Å²) in [6, 6.07) is 13.9. The summed E-state index contributed by atoms with van der Waals surface area (Å²) < 4.78 is 10.5. The van der Waals surface area contributed by atoms with Crippen LogP contribution in [0.15, 0.2) is 48.5 Å². The molecule has 1 aliphatic heterocycles. The minimum Gasteiger partial charge on any atom is -0.497 e. The van der Waals surface area contributed by atoms with E-state index in [2.05, 4.69) is 10.6 Å². The van der Waals surface area contributed by atoms with Gasteiger partial charge in [-0.15, -0.1) is 0 Å². The van der Waals surface area contributed by atoms with Crippen LogP contribution in [0.25, 0.3) is 0 Å². The lowest BCUT2D eigenvalue weighted by atomic mass is 10.1. The highest BCUT2D eigenvalue weighted by Gasteiger charge is 2.16. The first-order chi connectivity index (χ1) is 14.2. The summed E-state index contributed by atoms with van der Waals surface area (Å²) in [5, 5.41) is 5.78. The van der Waals surface area contributed by atoms with Crippen molar-refractivity contribution in [3.8, 4) is 5.75 Å². The average Bonchev–Trinajstić information content (AvgIpc) is 2.77. The maximum atomic E-state index is 12.6. The molecule has 0 unspecified atom stereocenters. The van der Waals surface area contributed by atoms with Crippen molar-refractivity contribution in [2.24, 2.45) is 0 Å². The first kappa shape index (κ1) is 20.8. The zero-order chi connectivity index (χ0) is 20.5. The van der Waals surface area contributed by atoms with Gasteiger partial charge in [-0.2, -0.15) is 0 Å². The fourth-order valence-electron chi connectivity index (χ4n) is 3.29. The molecule has 1 heterocycles. The Balaban J connectivity index is 1.56. The summed E-state index contributed by atoms with van der Waals surface area (Å²) >= 11 is 0. The van der Waals surface area contributed by atoms with Crippen LogP contribution in [0.3, 0.4) is 0 Å². The highest BCUT2D eigenvalue weighted by Crippen LogP contribution is 2.18. The smallest absolute Gasteiger partial charge is 0.255 e. The molecule has 29 heavy (non-hydrogen) atoms. The molecule has 7 nitrogen and oxygen atoms in total. The number of nitrogens with one attached hydrogen (secondary N) is 3. The Morgan fingerprint density at radius 1 is 1.07 bits per heavy atom. The molecular formula is C22H28N3O4+. The fraction of sp³-hybridized carbons (Fsp3) is 0.364. The van der Waals surface area contributed by atoms with Crippen molar-refractivity contribution < 1.29 is 24.0 Å². The molecule has 0 radical (unpaired) electrons. The van der Waals surface area contributed by atoms with Crippen LogP contribution in [0.1, 0.15) is 27.1 Å². The highest BCUT2D eigenvalue weighted by molar-refractivity contribution is 6.09. The molecule has 2 amide bonds. The van der Waals surface area contributed by atoms with Gasteiger partial charge in [0.2, 0.25) is 0 Å². The third-order valence-electron chi connectivity index (χ3n) is 4.94. The second kappa shape index (κ2) is 10.6. The molecule has 1 saturated heterocycles. The van der Waals surface area contributed by atoms with Gasteiger partial charge in [-0.25, -0.2) is 0 Å². The van der Waals surface area contributed by atoms with Crippen LogP contribution in [0.2, 0.25) is 0 Å². The van der Waals surface area contributed by atoms with Gasteiger partial charge >= 0.3 is 0 Å². The van der Waals surface area contributed by atoms with Crippen LogP contribution in [0.5, 0.6) is 5.75 Å². The number of benzene rings is 2. The van der Waals surface area contributed by atoms with Crippen molar-refractivity contribution in [2.75, 3.05) is 51.8 Å². The van der Waals surface area contributed by atoms with E-state index in [0.717, 1.165) is 39.3 Å². The third-order valence-corrected chi connectivity index (χ3v) is 4.94. The Labute approximate surface area is 171 Å². The van der Waals surface area contributed by atoms with Crippen LogP contribution < -0.4 is 20.3 Å². The summed E-state index contributed by atoms with van der Waals surface area (Å²) in [7, 11) is 1.55. The first-order valence-electron chi connectivity index (χ1n) is 9.91. The molecule has 154 valence electrons. The number of quaternary nitrogens is 1. The molecule has 0 spiro atoms. The van der Waals surface area contributed by atoms with Gasteiger partial charge in [-0.1, -0.05) is 18.2 Å². The van der Waals surface area contributed by atoms with E-state index in [1.807, 2.05) is 0 Å². The molecule has 3 rings (SSSR count). The number of para-hydroxylation sites is 1. The third kappa shape index (κ3) is 6.04. The number of hydrogen-bond donors (Lipinski definition) is 3. The topological polar surface area (TPSA) is 81.1 Å². The van der Waals surface area contributed by atoms with Crippen molar-refractivity contribution >= 4 is 17.5 Å². The second-order valence-electron chi connectivity index (χ2n) is 6.95. The van der Waals surface area contributed by atoms with E-state index in [9.17, 15) is 9.59 Å². The number of ether oxygens (including phenoxy) is 2. The molecule has 1 aliphatic rings. The number of rotatable bonds is 8. The predicted octanol–water partition coefficient (Wildman–Crippen LogP) is 0.983. The van der Waals surface area contributed by atoms with Crippen molar-refractivity contribution in [2.45, 2.75) is 6.42 Å². The number of carbonyl (C=O) groups excluding carboxylic acids is 2. The summed E-state index contributed by atoms with van der Waals surface area (Å²) in [5.41, 5.74) is 1.40. The van der Waals surface area contributed by atoms with E-state index in [1.165, 1.54) is 4.90 Å². The molecule has 3 N–H and O–H groups in total. The highest BCUT2D eigenvalue weighted by atomic mass is 16.5. The summed E-state index contributed by atoms with van der Waals surface area (Å²) in [5.74, 6) is 0.120. The van der Waals surface area contributed by atoms with Gasteiger partial charge in [0, 0.05) is 18.5 Å². The predicted molar refractivity (Wildman–Crippen MR) is 111 cm³/mol. The lowest BCUT2D eigenvalue weighted by Gasteiger charge is -2.23. The molecule has 0 atom stereocenters. The lowest BCUT2D eigenvalue weighted by Crippen LogP contribution is -3.14. The zero-order valence-corrected chi connectivity index (χ0v) is 16.7. The SMILES string of the molecule is COc1cccc(C(=O)Nc2ccccc2C(=O)NCCC[NH+]2CCOCC2)c1. The Hall–Kier alpha value is -2.90. The molecule has 0 saturated carbocycles. The number of morpholine rings is 1. The van der Waals surface area contributed by atoms with Gasteiger partial charge in [-0.05, 0) is 30.3 Å². The summed E-state index contributed by atoms with van der Waals surface area (Å²) in [4.78, 5) is 26.7. The number of methoxy groups -OCH3 is 1. The van der Waals surface area contributed by atoms with E-state index in [0.29, 0.717) is 29.1 Å². The van der Waals surface area contributed by atoms with E-state index in [1.54, 1.807) is 55.6 Å². The molecule has 2 aromatic carbocycles. The van der Waals surface area contributed by atoms with Crippen LogP contribution in [-0.2, 0) is 4.74 Å². The van der Waals surface area contributed by atoms with Gasteiger partial charge in [0.15, 0.2) is 0 Å². The normalized spacial score (nSPS) is 14.2. The zero-order valence-electron chi connectivity index (χ0n) is 16.7. The Bertz CT molecular complexity index is 834. The monoisotopic (exact) mass is 398 g/mol. The molecule has 2 aromatic rings. The van der Waals surface area contributed by atoms with Crippen LogP contribution in [0, 0.1) is 0 Å². The average molecular weight is 398 g/mol. The van der Waals surface area contributed by atoms with Crippen molar-refractivity contribution in [1.82, 2.24) is 5.32 Å². The van der Waals surface area contributed by atoms with Crippen LogP contribution >= 0.6 is 0 Å². The van der Waals surface area contributed by atoms with Crippen LogP contribution in [-0.4, -0.2) is 58.3 Å². The summed E-state index contributed by atoms with van der Waals surface area (Å²) in [6.45, 7) is 5.27. The van der Waals surface area contributed by atoms with Crippen molar-refractivity contribution in [1.29, 1.82) is 0 Å². The Morgan fingerprint density at radius 3 is 2.66 bits per heavy atom. The van der Waals surface area contributed by atoms with Gasteiger partial charge in [0.1, 0.15) is 18.8 Å². The van der Waals surface area contributed by atoms with Gasteiger partial charge in [0.05, 0.1) is 38.1 Å². The van der Waals surface area contributed by atoms with Crippen molar-refractivity contribution in [3.63, 3.8) is 0 Å². The van der Waals surface area contributed by atoms with Crippen molar-refractivity contribution in [3.05, 3.63) is 59.7 Å². The minimum atomic E-state index is -0.292. The first-order valence-corrected chi connectivity index (χ1v) is 9.91. The molecule has 0 aromatic heterocycles. The van der Waals surface area contributed by atoms with Crippen LogP contribution in [0.4, 0.5) is 5.69 Å². The van der Waals surface area contributed by atoms with E-state index < -0.39 is 0 Å². The fourth-order valence-corrected chi connectivity index (χ4v) is 3.29. The van der Waals surface area contributed by atoms with E-state index in [4.69, 9.17) is 9.47 Å².